The predicted octanol–water partition coefficient (Wildman–Crippen LogP) is 3.21. The molecule has 0 fully saturated rings. The van der Waals surface area contributed by atoms with Crippen LogP contribution in [0.3, 0.4) is 0 Å². The number of carbonyl (C=O) groups excluding carboxylic acids is 2. The third-order valence-electron chi connectivity index (χ3n) is 3.64. The van der Waals surface area contributed by atoms with E-state index in [2.05, 4.69) is 0 Å². The van der Waals surface area contributed by atoms with E-state index in [-0.39, 0.29) is 5.57 Å². The molecule has 0 saturated heterocycles. The van der Waals surface area contributed by atoms with Crippen LogP contribution >= 0.6 is 11.3 Å². The minimum absolute atomic E-state index is 0.0795. The lowest BCUT2D eigenvalue weighted by molar-refractivity contribution is -0.121. The molecule has 1 aromatic carbocycles. The van der Waals surface area contributed by atoms with Gasteiger partial charge >= 0.3 is 5.91 Å². The number of imide groups is 1. The van der Waals surface area contributed by atoms with Crippen LogP contribution in [0.1, 0.15) is 16.0 Å². The fourth-order valence-electron chi connectivity index (χ4n) is 2.36. The van der Waals surface area contributed by atoms with Gasteiger partial charge in [0.2, 0.25) is 0 Å². The number of anilines is 1. The molecule has 2 aromatic rings. The van der Waals surface area contributed by atoms with E-state index >= 15 is 0 Å². The molecular weight excluding hydrogens is 286 g/mol. The van der Waals surface area contributed by atoms with Gasteiger partial charge in [-0.2, -0.15) is 0 Å². The molecular formula is C16H13NO3S. The van der Waals surface area contributed by atoms with Crippen molar-refractivity contribution in [3.8, 4) is 0 Å². The highest BCUT2D eigenvalue weighted by Crippen LogP contribution is 2.35. The first-order valence-corrected chi connectivity index (χ1v) is 7.32. The zero-order valence-corrected chi connectivity index (χ0v) is 12.4. The minimum Gasteiger partial charge on any atom is -0.502 e. The molecule has 0 bridgehead atoms. The molecule has 1 aliphatic heterocycles. The predicted molar refractivity (Wildman–Crippen MR) is 82.3 cm³/mol. The van der Waals surface area contributed by atoms with E-state index in [4.69, 9.17) is 0 Å². The second kappa shape index (κ2) is 4.86. The summed E-state index contributed by atoms with van der Waals surface area (Å²) < 4.78 is 0. The smallest absolute Gasteiger partial charge is 0.301 e. The van der Waals surface area contributed by atoms with Gasteiger partial charge < -0.3 is 5.11 Å². The lowest BCUT2D eigenvalue weighted by Crippen LogP contribution is -2.32. The van der Waals surface area contributed by atoms with E-state index < -0.39 is 17.6 Å². The summed E-state index contributed by atoms with van der Waals surface area (Å²) in [7, 11) is 0. The maximum absolute atomic E-state index is 12.6. The number of nitrogens with zero attached hydrogens (tertiary/aromatic N) is 1. The first kappa shape index (κ1) is 13.6. The average Bonchev–Trinajstić information content (AvgIpc) is 3.03. The minimum atomic E-state index is -0.669. The molecule has 106 valence electrons. The summed E-state index contributed by atoms with van der Waals surface area (Å²) >= 11 is 1.32. The van der Waals surface area contributed by atoms with Gasteiger partial charge in [-0.3, -0.25) is 9.59 Å². The molecule has 1 aliphatic rings. The lowest BCUT2D eigenvalue weighted by atomic mass is 10.1. The molecule has 0 saturated carbocycles. The van der Waals surface area contributed by atoms with Gasteiger partial charge in [0.15, 0.2) is 5.76 Å². The number of thiophene rings is 1. The number of benzene rings is 1. The summed E-state index contributed by atoms with van der Waals surface area (Å²) in [6.07, 6.45) is 0. The standard InChI is InChI=1S/C16H13NO3S/c1-9-5-3-6-11(10(9)2)17-15(19)13(14(18)16(17)20)12-7-4-8-21-12/h3-8,18H,1-2H3. The first-order chi connectivity index (χ1) is 10.0. The normalized spacial score (nSPS) is 15.2. The Morgan fingerprint density at radius 2 is 1.81 bits per heavy atom. The van der Waals surface area contributed by atoms with Crippen molar-refractivity contribution >= 4 is 34.4 Å². The van der Waals surface area contributed by atoms with E-state index in [1.54, 1.807) is 29.6 Å². The van der Waals surface area contributed by atoms with E-state index in [1.165, 1.54) is 11.3 Å². The highest BCUT2D eigenvalue weighted by atomic mass is 32.1. The Balaban J connectivity index is 2.11. The van der Waals surface area contributed by atoms with Crippen LogP contribution in [0.2, 0.25) is 0 Å². The van der Waals surface area contributed by atoms with Crippen molar-refractivity contribution in [2.75, 3.05) is 4.90 Å². The molecule has 1 N–H and O–H groups in total. The van der Waals surface area contributed by atoms with Gasteiger partial charge in [-0.05, 0) is 42.5 Å². The molecule has 4 nitrogen and oxygen atoms in total. The van der Waals surface area contributed by atoms with Crippen LogP contribution in [0.4, 0.5) is 5.69 Å². The Hall–Kier alpha value is -2.40. The zero-order valence-electron chi connectivity index (χ0n) is 11.6. The molecule has 2 heterocycles. The second-order valence-corrected chi connectivity index (χ2v) is 5.81. The number of aryl methyl sites for hydroxylation is 1. The van der Waals surface area contributed by atoms with Crippen molar-refractivity contribution in [1.82, 2.24) is 0 Å². The molecule has 5 heteroatoms. The highest BCUT2D eigenvalue weighted by molar-refractivity contribution is 7.11. The van der Waals surface area contributed by atoms with Gasteiger partial charge in [0.25, 0.3) is 5.91 Å². The fourth-order valence-corrected chi connectivity index (χ4v) is 3.12. The molecule has 0 aliphatic carbocycles. The van der Waals surface area contributed by atoms with E-state index in [0.29, 0.717) is 10.6 Å². The number of carbonyl (C=O) groups is 2. The van der Waals surface area contributed by atoms with Crippen LogP contribution in [0.5, 0.6) is 0 Å². The largest absolute Gasteiger partial charge is 0.502 e. The number of rotatable bonds is 2. The fraction of sp³-hybridized carbons (Fsp3) is 0.125. The van der Waals surface area contributed by atoms with Gasteiger partial charge in [-0.25, -0.2) is 4.90 Å². The Labute approximate surface area is 126 Å². The number of aliphatic hydroxyl groups excluding tert-OH is 1. The summed E-state index contributed by atoms with van der Waals surface area (Å²) in [6.45, 7) is 3.77. The van der Waals surface area contributed by atoms with Crippen molar-refractivity contribution in [3.05, 3.63) is 57.5 Å². The van der Waals surface area contributed by atoms with E-state index in [1.807, 2.05) is 19.9 Å². The van der Waals surface area contributed by atoms with Crippen molar-refractivity contribution < 1.29 is 14.7 Å². The summed E-state index contributed by atoms with van der Waals surface area (Å²) in [4.78, 5) is 26.5. The van der Waals surface area contributed by atoms with Crippen LogP contribution < -0.4 is 4.90 Å². The molecule has 2 amide bonds. The van der Waals surface area contributed by atoms with Gasteiger partial charge in [-0.1, -0.05) is 18.2 Å². The van der Waals surface area contributed by atoms with Crippen molar-refractivity contribution in [2.24, 2.45) is 0 Å². The Bertz CT molecular complexity index is 775. The zero-order chi connectivity index (χ0) is 15.1. The second-order valence-electron chi connectivity index (χ2n) is 4.87. The van der Waals surface area contributed by atoms with Gasteiger partial charge in [0, 0.05) is 4.88 Å². The number of aliphatic hydroxyl groups is 1. The van der Waals surface area contributed by atoms with E-state index in [9.17, 15) is 14.7 Å². The van der Waals surface area contributed by atoms with Gasteiger partial charge in [-0.15, -0.1) is 11.3 Å². The third-order valence-corrected chi connectivity index (χ3v) is 4.53. The molecule has 1 aromatic heterocycles. The SMILES string of the molecule is Cc1cccc(N2C(=O)C(O)=C(c3cccs3)C2=O)c1C. The van der Waals surface area contributed by atoms with Crippen LogP contribution in [-0.2, 0) is 9.59 Å². The number of amides is 2. The van der Waals surface area contributed by atoms with E-state index in [0.717, 1.165) is 16.0 Å². The molecule has 0 radical (unpaired) electrons. The monoisotopic (exact) mass is 299 g/mol. The van der Waals surface area contributed by atoms with Gasteiger partial charge in [0.05, 0.1) is 5.69 Å². The van der Waals surface area contributed by atoms with Crippen molar-refractivity contribution in [2.45, 2.75) is 13.8 Å². The quantitative estimate of drug-likeness (QED) is 0.866. The Morgan fingerprint density at radius 1 is 1.05 bits per heavy atom. The first-order valence-electron chi connectivity index (χ1n) is 6.44. The number of hydrogen-bond donors (Lipinski definition) is 1. The number of hydrogen-bond acceptors (Lipinski definition) is 4. The van der Waals surface area contributed by atoms with Crippen LogP contribution in [0.15, 0.2) is 41.5 Å². The van der Waals surface area contributed by atoms with Crippen molar-refractivity contribution in [1.29, 1.82) is 0 Å². The van der Waals surface area contributed by atoms with Crippen LogP contribution in [0.25, 0.3) is 5.57 Å². The molecule has 0 spiro atoms. The summed E-state index contributed by atoms with van der Waals surface area (Å²) in [5.41, 5.74) is 2.43. The molecule has 21 heavy (non-hydrogen) atoms. The molecule has 3 rings (SSSR count). The van der Waals surface area contributed by atoms with Crippen LogP contribution in [0, 0.1) is 13.8 Å². The third kappa shape index (κ3) is 1.97. The Kier molecular flexibility index (Phi) is 3.14. The van der Waals surface area contributed by atoms with Gasteiger partial charge in [0.1, 0.15) is 5.57 Å². The summed E-state index contributed by atoms with van der Waals surface area (Å²) in [5, 5.41) is 11.9. The topological polar surface area (TPSA) is 57.6 Å². The highest BCUT2D eigenvalue weighted by Gasteiger charge is 2.41. The Morgan fingerprint density at radius 3 is 2.48 bits per heavy atom. The average molecular weight is 299 g/mol. The maximum Gasteiger partial charge on any atom is 0.301 e. The maximum atomic E-state index is 12.6. The molecule has 0 unspecified atom stereocenters. The van der Waals surface area contributed by atoms with Crippen molar-refractivity contribution in [3.63, 3.8) is 0 Å². The lowest BCUT2D eigenvalue weighted by Gasteiger charge is -2.18. The summed E-state index contributed by atoms with van der Waals surface area (Å²) in [6, 6.07) is 8.91. The molecule has 0 atom stereocenters. The van der Waals surface area contributed by atoms with Crippen LogP contribution in [-0.4, -0.2) is 16.9 Å². The summed E-state index contributed by atoms with van der Waals surface area (Å²) in [5.74, 6) is -1.63.